The van der Waals surface area contributed by atoms with E-state index in [4.69, 9.17) is 0 Å². The molecule has 1 aromatic carbocycles. The van der Waals surface area contributed by atoms with Gasteiger partial charge in [0.15, 0.2) is 0 Å². The molecule has 3 heteroatoms. The number of aromatic nitrogens is 3. The zero-order valence-electron chi connectivity index (χ0n) is 8.39. The van der Waals surface area contributed by atoms with Crippen LogP contribution in [0.3, 0.4) is 0 Å². The lowest BCUT2D eigenvalue weighted by Crippen LogP contribution is -1.92. The summed E-state index contributed by atoms with van der Waals surface area (Å²) < 4.78 is 0. The molecule has 1 aromatic heterocycles. The minimum atomic E-state index is 1.00. The van der Waals surface area contributed by atoms with Crippen LogP contribution in [-0.2, 0) is 0 Å². The molecular weight excluding hydrogens is 162 g/mol. The second-order valence-corrected chi connectivity index (χ2v) is 3.52. The number of rotatable bonds is 0. The van der Waals surface area contributed by atoms with Crippen LogP contribution in [0, 0.1) is 27.7 Å². The molecule has 0 unspecified atom stereocenters. The zero-order chi connectivity index (χ0) is 9.59. The highest BCUT2D eigenvalue weighted by molar-refractivity contribution is 5.83. The van der Waals surface area contributed by atoms with Crippen LogP contribution < -0.4 is 0 Å². The summed E-state index contributed by atoms with van der Waals surface area (Å²) >= 11 is 0. The molecule has 0 saturated carbocycles. The van der Waals surface area contributed by atoms with Gasteiger partial charge in [0, 0.05) is 0 Å². The molecule has 0 aliphatic carbocycles. The lowest BCUT2D eigenvalue weighted by Gasteiger charge is -2.07. The number of nitrogens with one attached hydrogen (secondary N) is 1. The first-order chi connectivity index (χ1) is 6.13. The molecule has 0 spiro atoms. The number of fused-ring (bicyclic) bond motifs is 1. The van der Waals surface area contributed by atoms with Crippen LogP contribution in [0.5, 0.6) is 0 Å². The summed E-state index contributed by atoms with van der Waals surface area (Å²) in [6.45, 7) is 8.44. The molecule has 68 valence electrons. The average molecular weight is 175 g/mol. The van der Waals surface area contributed by atoms with Crippen molar-refractivity contribution < 1.29 is 0 Å². The topological polar surface area (TPSA) is 41.6 Å². The van der Waals surface area contributed by atoms with Crippen molar-refractivity contribution in [3.63, 3.8) is 0 Å². The second kappa shape index (κ2) is 2.55. The van der Waals surface area contributed by atoms with Gasteiger partial charge in [0.2, 0.25) is 0 Å². The number of hydrogen-bond acceptors (Lipinski definition) is 2. The van der Waals surface area contributed by atoms with Crippen LogP contribution >= 0.6 is 0 Å². The van der Waals surface area contributed by atoms with E-state index >= 15 is 0 Å². The monoisotopic (exact) mass is 175 g/mol. The first-order valence-electron chi connectivity index (χ1n) is 4.39. The van der Waals surface area contributed by atoms with E-state index in [1.54, 1.807) is 0 Å². The Morgan fingerprint density at radius 2 is 1.08 bits per heavy atom. The first-order valence-corrected chi connectivity index (χ1v) is 4.39. The van der Waals surface area contributed by atoms with E-state index in [2.05, 4.69) is 43.1 Å². The predicted molar refractivity (Wildman–Crippen MR) is 52.8 cm³/mol. The molecule has 3 nitrogen and oxygen atoms in total. The summed E-state index contributed by atoms with van der Waals surface area (Å²) in [5.41, 5.74) is 7.10. The van der Waals surface area contributed by atoms with Crippen molar-refractivity contribution in [1.29, 1.82) is 0 Å². The number of benzene rings is 1. The van der Waals surface area contributed by atoms with E-state index in [1.807, 2.05) is 0 Å². The normalized spacial score (nSPS) is 11.1. The number of aromatic amines is 1. The average Bonchev–Trinajstić information content (AvgIpc) is 2.59. The maximum atomic E-state index is 4.14. The lowest BCUT2D eigenvalue weighted by atomic mass is 9.98. The predicted octanol–water partition coefficient (Wildman–Crippen LogP) is 2.19. The largest absolute Gasteiger partial charge is 0.197 e. The molecule has 0 bridgehead atoms. The summed E-state index contributed by atoms with van der Waals surface area (Å²) in [5.74, 6) is 0. The van der Waals surface area contributed by atoms with Crippen LogP contribution in [0.1, 0.15) is 22.3 Å². The Labute approximate surface area is 77.2 Å². The Hall–Kier alpha value is -1.38. The van der Waals surface area contributed by atoms with Gasteiger partial charge >= 0.3 is 0 Å². The Morgan fingerprint density at radius 3 is 1.46 bits per heavy atom. The molecule has 2 aromatic rings. The molecule has 2 rings (SSSR count). The summed E-state index contributed by atoms with van der Waals surface area (Å²) in [6.07, 6.45) is 0. The molecule has 0 aliphatic rings. The summed E-state index contributed by atoms with van der Waals surface area (Å²) in [7, 11) is 0. The van der Waals surface area contributed by atoms with Gasteiger partial charge in [0.25, 0.3) is 0 Å². The van der Waals surface area contributed by atoms with Gasteiger partial charge in [-0.2, -0.15) is 15.4 Å². The number of H-pyrrole nitrogens is 1. The van der Waals surface area contributed by atoms with Gasteiger partial charge in [0.1, 0.15) is 11.0 Å². The van der Waals surface area contributed by atoms with Crippen LogP contribution in [0.4, 0.5) is 0 Å². The van der Waals surface area contributed by atoms with Crippen molar-refractivity contribution in [2.75, 3.05) is 0 Å². The molecule has 0 aliphatic heterocycles. The van der Waals surface area contributed by atoms with E-state index in [9.17, 15) is 0 Å². The van der Waals surface area contributed by atoms with Crippen LogP contribution in [0.25, 0.3) is 11.0 Å². The van der Waals surface area contributed by atoms with Gasteiger partial charge < -0.3 is 0 Å². The Morgan fingerprint density at radius 1 is 0.692 bits per heavy atom. The summed E-state index contributed by atoms with van der Waals surface area (Å²) in [5, 5.41) is 11.0. The smallest absolute Gasteiger partial charge is 0.116 e. The van der Waals surface area contributed by atoms with Gasteiger partial charge in [-0.05, 0) is 49.9 Å². The summed E-state index contributed by atoms with van der Waals surface area (Å²) in [6, 6.07) is 0. The molecule has 0 fully saturated rings. The molecule has 0 radical (unpaired) electrons. The highest BCUT2D eigenvalue weighted by atomic mass is 15.3. The quantitative estimate of drug-likeness (QED) is 0.666. The van der Waals surface area contributed by atoms with Gasteiger partial charge in [-0.15, -0.1) is 0 Å². The van der Waals surface area contributed by atoms with Crippen molar-refractivity contribution in [2.45, 2.75) is 27.7 Å². The third kappa shape index (κ3) is 0.963. The van der Waals surface area contributed by atoms with Crippen LogP contribution in [-0.4, -0.2) is 15.4 Å². The maximum Gasteiger partial charge on any atom is 0.116 e. The Kier molecular flexibility index (Phi) is 1.62. The first kappa shape index (κ1) is 8.23. The summed E-state index contributed by atoms with van der Waals surface area (Å²) in [4.78, 5) is 0. The minimum Gasteiger partial charge on any atom is -0.197 e. The van der Waals surface area contributed by atoms with E-state index in [1.165, 1.54) is 22.3 Å². The molecule has 1 N–H and O–H groups in total. The number of aryl methyl sites for hydroxylation is 2. The highest BCUT2D eigenvalue weighted by Crippen LogP contribution is 2.25. The van der Waals surface area contributed by atoms with Crippen molar-refractivity contribution in [3.8, 4) is 0 Å². The minimum absolute atomic E-state index is 1.00. The lowest BCUT2D eigenvalue weighted by molar-refractivity contribution is 0.957. The van der Waals surface area contributed by atoms with Crippen molar-refractivity contribution >= 4 is 11.0 Å². The Balaban J connectivity index is 3.02. The van der Waals surface area contributed by atoms with Gasteiger partial charge in [-0.1, -0.05) is 0 Å². The fourth-order valence-corrected chi connectivity index (χ4v) is 1.67. The molecular formula is C10H13N3. The van der Waals surface area contributed by atoms with E-state index < -0.39 is 0 Å². The van der Waals surface area contributed by atoms with Gasteiger partial charge in [-0.3, -0.25) is 0 Å². The van der Waals surface area contributed by atoms with E-state index in [-0.39, 0.29) is 0 Å². The molecule has 0 saturated heterocycles. The van der Waals surface area contributed by atoms with Gasteiger partial charge in [-0.25, -0.2) is 0 Å². The van der Waals surface area contributed by atoms with Gasteiger partial charge in [0.05, 0.1) is 0 Å². The second-order valence-electron chi connectivity index (χ2n) is 3.52. The zero-order valence-corrected chi connectivity index (χ0v) is 8.39. The third-order valence-corrected chi connectivity index (χ3v) is 2.95. The fourth-order valence-electron chi connectivity index (χ4n) is 1.67. The molecule has 1 heterocycles. The highest BCUT2D eigenvalue weighted by Gasteiger charge is 2.11. The molecule has 13 heavy (non-hydrogen) atoms. The maximum absolute atomic E-state index is 4.14. The number of nitrogens with zero attached hydrogens (tertiary/aromatic N) is 2. The fraction of sp³-hybridized carbons (Fsp3) is 0.400. The van der Waals surface area contributed by atoms with Crippen molar-refractivity contribution in [2.24, 2.45) is 0 Å². The molecule has 0 amide bonds. The van der Waals surface area contributed by atoms with Crippen molar-refractivity contribution in [3.05, 3.63) is 22.3 Å². The number of hydrogen-bond donors (Lipinski definition) is 1. The molecule has 0 atom stereocenters. The van der Waals surface area contributed by atoms with E-state index in [0.29, 0.717) is 0 Å². The Bertz CT molecular complexity index is 426. The van der Waals surface area contributed by atoms with E-state index in [0.717, 1.165) is 11.0 Å². The van der Waals surface area contributed by atoms with Crippen LogP contribution in [0.15, 0.2) is 0 Å². The SMILES string of the molecule is Cc1c(C)c(C)c2n[nH]nc2c1C. The third-order valence-electron chi connectivity index (χ3n) is 2.95. The van der Waals surface area contributed by atoms with Crippen molar-refractivity contribution in [1.82, 2.24) is 15.4 Å². The van der Waals surface area contributed by atoms with Crippen LogP contribution in [0.2, 0.25) is 0 Å². The standard InChI is InChI=1S/C10H13N3/c1-5-6(2)8(4)10-9(7(5)3)11-13-12-10/h1-4H3,(H,11,12,13).